The van der Waals surface area contributed by atoms with Crippen LogP contribution in [-0.2, 0) is 0 Å². The third-order valence-electron chi connectivity index (χ3n) is 4.74. The zero-order valence-corrected chi connectivity index (χ0v) is 13.8. The Morgan fingerprint density at radius 2 is 1.86 bits per heavy atom. The molecule has 1 aromatic rings. The third-order valence-corrected chi connectivity index (χ3v) is 4.74. The maximum atomic E-state index is 5.91. The van der Waals surface area contributed by atoms with Gasteiger partial charge in [0.15, 0.2) is 5.96 Å². The minimum Gasteiger partial charge on any atom is -0.465 e. The molecule has 0 radical (unpaired) electrons. The van der Waals surface area contributed by atoms with E-state index in [1.54, 1.807) is 0 Å². The summed E-state index contributed by atoms with van der Waals surface area (Å²) in [6.45, 7) is 7.43. The maximum Gasteiger partial charge on any atom is 0.193 e. The van der Waals surface area contributed by atoms with E-state index in [2.05, 4.69) is 32.2 Å². The first-order valence-corrected chi connectivity index (χ1v) is 8.54. The summed E-state index contributed by atoms with van der Waals surface area (Å²) in [7, 11) is 1.88. The number of guanidine groups is 1. The van der Waals surface area contributed by atoms with Crippen LogP contribution in [0.1, 0.15) is 43.2 Å². The largest absolute Gasteiger partial charge is 0.465 e. The summed E-state index contributed by atoms with van der Waals surface area (Å²) < 4.78 is 5.91. The molecule has 0 aromatic carbocycles. The fraction of sp³-hybridized carbons (Fsp3) is 0.706. The SMILES string of the molecule is CN=C(NCC(c1ccc(C)o1)N1CCCC1)N1CCCC1. The summed E-state index contributed by atoms with van der Waals surface area (Å²) in [6, 6.07) is 4.49. The number of aliphatic imine (C=N–C) groups is 1. The molecule has 0 spiro atoms. The van der Waals surface area contributed by atoms with Crippen LogP contribution < -0.4 is 5.32 Å². The van der Waals surface area contributed by atoms with Crippen LogP contribution in [0, 0.1) is 6.92 Å². The van der Waals surface area contributed by atoms with E-state index in [9.17, 15) is 0 Å². The summed E-state index contributed by atoms with van der Waals surface area (Å²) in [6.07, 6.45) is 5.12. The minimum absolute atomic E-state index is 0.301. The molecule has 1 aromatic heterocycles. The fourth-order valence-corrected chi connectivity index (χ4v) is 3.54. The molecule has 0 amide bonds. The van der Waals surface area contributed by atoms with Crippen LogP contribution in [0.5, 0.6) is 0 Å². The first-order valence-electron chi connectivity index (χ1n) is 8.54. The van der Waals surface area contributed by atoms with Crippen molar-refractivity contribution >= 4 is 5.96 Å². The lowest BCUT2D eigenvalue weighted by molar-refractivity contribution is 0.212. The molecular weight excluding hydrogens is 276 g/mol. The second-order valence-corrected chi connectivity index (χ2v) is 6.33. The molecule has 1 unspecified atom stereocenters. The van der Waals surface area contributed by atoms with Gasteiger partial charge in [-0.05, 0) is 57.8 Å². The first kappa shape index (κ1) is 15.4. The van der Waals surface area contributed by atoms with Crippen LogP contribution in [-0.4, -0.2) is 55.5 Å². The quantitative estimate of drug-likeness (QED) is 0.685. The molecule has 1 atom stereocenters. The first-order chi connectivity index (χ1) is 10.8. The predicted octanol–water partition coefficient (Wildman–Crippen LogP) is 2.40. The van der Waals surface area contributed by atoms with E-state index >= 15 is 0 Å². The zero-order chi connectivity index (χ0) is 15.4. The lowest BCUT2D eigenvalue weighted by Crippen LogP contribution is -2.43. The summed E-state index contributed by atoms with van der Waals surface area (Å²) in [5.74, 6) is 3.09. The number of aryl methyl sites for hydroxylation is 1. The third kappa shape index (κ3) is 3.46. The van der Waals surface area contributed by atoms with Crippen molar-refractivity contribution in [2.45, 2.75) is 38.6 Å². The summed E-state index contributed by atoms with van der Waals surface area (Å²) in [5.41, 5.74) is 0. The Kier molecular flexibility index (Phi) is 5.03. The van der Waals surface area contributed by atoms with Gasteiger partial charge in [-0.3, -0.25) is 9.89 Å². The zero-order valence-electron chi connectivity index (χ0n) is 13.8. The Morgan fingerprint density at radius 1 is 1.18 bits per heavy atom. The molecule has 5 nitrogen and oxygen atoms in total. The van der Waals surface area contributed by atoms with E-state index in [0.29, 0.717) is 6.04 Å². The van der Waals surface area contributed by atoms with E-state index in [-0.39, 0.29) is 0 Å². The minimum atomic E-state index is 0.301. The van der Waals surface area contributed by atoms with Crippen LogP contribution in [0.4, 0.5) is 0 Å². The van der Waals surface area contributed by atoms with E-state index < -0.39 is 0 Å². The highest BCUT2D eigenvalue weighted by Gasteiger charge is 2.27. The van der Waals surface area contributed by atoms with Gasteiger partial charge in [0.05, 0.1) is 6.04 Å². The van der Waals surface area contributed by atoms with Crippen LogP contribution in [0.3, 0.4) is 0 Å². The molecule has 3 rings (SSSR count). The normalized spacial score (nSPS) is 21.5. The average Bonchev–Trinajstić information content (AvgIpc) is 3.26. The summed E-state index contributed by atoms with van der Waals surface area (Å²) >= 11 is 0. The van der Waals surface area contributed by atoms with Crippen molar-refractivity contribution in [2.24, 2.45) is 4.99 Å². The molecule has 2 aliphatic heterocycles. The second-order valence-electron chi connectivity index (χ2n) is 6.33. The van der Waals surface area contributed by atoms with Gasteiger partial charge in [-0.2, -0.15) is 0 Å². The van der Waals surface area contributed by atoms with Gasteiger partial charge in [0.25, 0.3) is 0 Å². The highest BCUT2D eigenvalue weighted by molar-refractivity contribution is 5.80. The lowest BCUT2D eigenvalue weighted by Gasteiger charge is -2.28. The van der Waals surface area contributed by atoms with Crippen molar-refractivity contribution in [2.75, 3.05) is 39.8 Å². The molecule has 0 bridgehead atoms. The van der Waals surface area contributed by atoms with Gasteiger partial charge in [-0.15, -0.1) is 0 Å². The highest BCUT2D eigenvalue weighted by atomic mass is 16.3. The molecule has 2 saturated heterocycles. The number of nitrogens with zero attached hydrogens (tertiary/aromatic N) is 3. The number of nitrogens with one attached hydrogen (secondary N) is 1. The molecule has 0 saturated carbocycles. The Hall–Kier alpha value is -1.49. The van der Waals surface area contributed by atoms with Crippen molar-refractivity contribution in [3.63, 3.8) is 0 Å². The molecule has 5 heteroatoms. The Labute approximate surface area is 133 Å². The van der Waals surface area contributed by atoms with E-state index in [0.717, 1.165) is 50.2 Å². The van der Waals surface area contributed by atoms with Gasteiger partial charge >= 0.3 is 0 Å². The summed E-state index contributed by atoms with van der Waals surface area (Å²) in [5, 5.41) is 3.57. The van der Waals surface area contributed by atoms with Crippen LogP contribution in [0.15, 0.2) is 21.5 Å². The van der Waals surface area contributed by atoms with Gasteiger partial charge in [-0.1, -0.05) is 0 Å². The Balaban J connectivity index is 1.66. The van der Waals surface area contributed by atoms with Gasteiger partial charge in [0, 0.05) is 26.7 Å². The van der Waals surface area contributed by atoms with Crippen molar-refractivity contribution in [3.05, 3.63) is 23.7 Å². The molecule has 2 aliphatic rings. The molecule has 122 valence electrons. The average molecular weight is 304 g/mol. The maximum absolute atomic E-state index is 5.91. The van der Waals surface area contributed by atoms with Crippen molar-refractivity contribution in [1.82, 2.24) is 15.1 Å². The standard InChI is InChI=1S/C17H28N4O/c1-14-7-8-16(22-14)15(20-9-3-4-10-20)13-19-17(18-2)21-11-5-6-12-21/h7-8,15H,3-6,9-13H2,1-2H3,(H,18,19). The summed E-state index contributed by atoms with van der Waals surface area (Å²) in [4.78, 5) is 9.34. The molecule has 3 heterocycles. The van der Waals surface area contributed by atoms with Gasteiger partial charge in [-0.25, -0.2) is 0 Å². The number of rotatable bonds is 4. The smallest absolute Gasteiger partial charge is 0.193 e. The predicted molar refractivity (Wildman–Crippen MR) is 89.2 cm³/mol. The number of furan rings is 1. The number of hydrogen-bond donors (Lipinski definition) is 1. The molecular formula is C17H28N4O. The van der Waals surface area contributed by atoms with Gasteiger partial charge in [0.2, 0.25) is 0 Å². The van der Waals surface area contributed by atoms with Crippen molar-refractivity contribution < 1.29 is 4.42 Å². The molecule has 2 fully saturated rings. The van der Waals surface area contributed by atoms with E-state index in [1.165, 1.54) is 25.7 Å². The van der Waals surface area contributed by atoms with E-state index in [1.807, 2.05) is 14.0 Å². The fourth-order valence-electron chi connectivity index (χ4n) is 3.54. The lowest BCUT2D eigenvalue weighted by atomic mass is 10.2. The Bertz CT molecular complexity index is 499. The molecule has 22 heavy (non-hydrogen) atoms. The molecule has 0 aliphatic carbocycles. The Morgan fingerprint density at radius 3 is 2.45 bits per heavy atom. The van der Waals surface area contributed by atoms with Gasteiger partial charge in [0.1, 0.15) is 11.5 Å². The van der Waals surface area contributed by atoms with Crippen LogP contribution >= 0.6 is 0 Å². The van der Waals surface area contributed by atoms with Crippen LogP contribution in [0.2, 0.25) is 0 Å². The second kappa shape index (κ2) is 7.18. The monoisotopic (exact) mass is 304 g/mol. The number of hydrogen-bond acceptors (Lipinski definition) is 3. The number of likely N-dealkylation sites (tertiary alicyclic amines) is 2. The molecule has 1 N–H and O–H groups in total. The van der Waals surface area contributed by atoms with Crippen molar-refractivity contribution in [3.8, 4) is 0 Å². The topological polar surface area (TPSA) is 44.0 Å². The van der Waals surface area contributed by atoms with E-state index in [4.69, 9.17) is 4.42 Å². The van der Waals surface area contributed by atoms with Crippen LogP contribution in [0.25, 0.3) is 0 Å². The van der Waals surface area contributed by atoms with Crippen molar-refractivity contribution in [1.29, 1.82) is 0 Å². The highest BCUT2D eigenvalue weighted by Crippen LogP contribution is 2.26. The van der Waals surface area contributed by atoms with Gasteiger partial charge < -0.3 is 14.6 Å².